The molecule has 1 unspecified atom stereocenters. The van der Waals surface area contributed by atoms with Crippen LogP contribution in [0.25, 0.3) is 27.7 Å². The summed E-state index contributed by atoms with van der Waals surface area (Å²) in [5, 5.41) is 1.57. The van der Waals surface area contributed by atoms with E-state index in [1.165, 1.54) is 22.1 Å². The molecule has 0 aliphatic carbocycles. The van der Waals surface area contributed by atoms with E-state index in [-0.39, 0.29) is 18.6 Å². The van der Waals surface area contributed by atoms with Gasteiger partial charge in [-0.3, -0.25) is 24.5 Å². The SMILES string of the molecule is CCn1c(-c2cccnc2[C@H](C)OC)c2c3cc(ccc31)C1=CCCN(C1)C[C@H]([Si])C(=O)N1CCC[C@@]([Si])(N1)C(=O)OCC(C)(C)C2. The summed E-state index contributed by atoms with van der Waals surface area (Å²) < 4.78 is 14.2. The second-order valence-corrected chi connectivity index (χ2v) is 15.5. The number of nitrogens with zero attached hydrogens (tertiary/aromatic N) is 4. The van der Waals surface area contributed by atoms with E-state index in [0.29, 0.717) is 32.4 Å². The van der Waals surface area contributed by atoms with Crippen LogP contribution in [0.3, 0.4) is 0 Å². The first kappa shape index (κ1) is 33.8. The number of hydrazine groups is 1. The molecule has 3 aliphatic heterocycles. The number of hydrogen-bond acceptors (Lipinski definition) is 7. The zero-order valence-corrected chi connectivity index (χ0v) is 30.2. The lowest BCUT2D eigenvalue weighted by Gasteiger charge is -2.41. The summed E-state index contributed by atoms with van der Waals surface area (Å²) in [6.07, 6.45) is 6.74. The van der Waals surface area contributed by atoms with E-state index in [2.05, 4.69) is 86.5 Å². The van der Waals surface area contributed by atoms with Crippen LogP contribution < -0.4 is 5.43 Å². The summed E-state index contributed by atoms with van der Waals surface area (Å²) >= 11 is 0. The van der Waals surface area contributed by atoms with Gasteiger partial charge in [0, 0.05) is 83.7 Å². The van der Waals surface area contributed by atoms with Crippen molar-refractivity contribution < 1.29 is 19.1 Å². The molecule has 246 valence electrons. The lowest BCUT2D eigenvalue weighted by atomic mass is 9.84. The lowest BCUT2D eigenvalue weighted by Crippen LogP contribution is -2.65. The summed E-state index contributed by atoms with van der Waals surface area (Å²) in [5.41, 5.74) is 10.2. The molecule has 1 fully saturated rings. The average molecular weight is 668 g/mol. The van der Waals surface area contributed by atoms with Crippen LogP contribution in [-0.4, -0.2) is 96.9 Å². The van der Waals surface area contributed by atoms with Gasteiger partial charge in [0.25, 0.3) is 0 Å². The number of nitrogens with one attached hydrogen (secondary N) is 1. The van der Waals surface area contributed by atoms with Crippen molar-refractivity contribution in [3.63, 3.8) is 0 Å². The summed E-state index contributed by atoms with van der Waals surface area (Å²) in [7, 11) is 9.17. The van der Waals surface area contributed by atoms with Crippen molar-refractivity contribution >= 4 is 48.8 Å². The number of cyclic esters (lactones) is 1. The van der Waals surface area contributed by atoms with Gasteiger partial charge in [-0.15, -0.1) is 0 Å². The van der Waals surface area contributed by atoms with E-state index in [1.807, 2.05) is 19.2 Å². The molecule has 6 rings (SSSR count). The number of pyridine rings is 1. The molecule has 3 aliphatic rings. The van der Waals surface area contributed by atoms with Crippen LogP contribution >= 0.6 is 0 Å². The summed E-state index contributed by atoms with van der Waals surface area (Å²) in [6.45, 7) is 12.2. The van der Waals surface area contributed by atoms with Crippen molar-refractivity contribution in [3.8, 4) is 11.3 Å². The van der Waals surface area contributed by atoms with Gasteiger partial charge in [0.05, 0.1) is 34.3 Å². The number of fused-ring (bicyclic) bond motifs is 6. The fourth-order valence-corrected chi connectivity index (χ4v) is 8.06. The first-order chi connectivity index (χ1) is 22.4. The minimum atomic E-state index is -1.18. The van der Waals surface area contributed by atoms with Crippen LogP contribution in [0.5, 0.6) is 0 Å². The van der Waals surface area contributed by atoms with Crippen LogP contribution in [0.4, 0.5) is 0 Å². The van der Waals surface area contributed by atoms with Crippen LogP contribution in [0.15, 0.2) is 42.6 Å². The molecule has 11 heteroatoms. The first-order valence-corrected chi connectivity index (χ1v) is 17.8. The van der Waals surface area contributed by atoms with Gasteiger partial charge in [-0.1, -0.05) is 26.0 Å². The minimum absolute atomic E-state index is 0.0913. The van der Waals surface area contributed by atoms with Crippen LogP contribution in [-0.2, 0) is 32.0 Å². The average Bonchev–Trinajstić information content (AvgIpc) is 3.37. The number of carbonyl (C=O) groups excluding carboxylic acids is 2. The lowest BCUT2D eigenvalue weighted by molar-refractivity contribution is -0.157. The summed E-state index contributed by atoms with van der Waals surface area (Å²) in [6, 6.07) is 10.9. The van der Waals surface area contributed by atoms with Crippen LogP contribution in [0.1, 0.15) is 69.9 Å². The van der Waals surface area contributed by atoms with Gasteiger partial charge in [-0.25, -0.2) is 5.43 Å². The molecule has 6 radical (unpaired) electrons. The molecule has 1 N–H and O–H groups in total. The van der Waals surface area contributed by atoms with Gasteiger partial charge in [0.2, 0.25) is 5.91 Å². The maximum Gasteiger partial charge on any atom is 0.323 e. The highest BCUT2D eigenvalue weighted by Crippen LogP contribution is 2.41. The maximum atomic E-state index is 13.7. The standard InChI is InChI=1S/C36H45N5O4Si2/c1-6-40-29-13-12-24-18-27(29)28(32(40)26-11-7-15-37-31(26)23(2)44-5)19-35(3,4)22-45-34(43)36(47)14-9-17-41(38-36)33(42)30(46)21-39-16-8-10-25(24)20-39/h7,10-13,15,18,23,30,38H,6,8-9,14,16-17,19-22H2,1-5H3/t23-,30-,36-/m0/s1. The van der Waals surface area contributed by atoms with Gasteiger partial charge in [-0.05, 0) is 80.5 Å². The molecule has 9 nitrogen and oxygen atoms in total. The van der Waals surface area contributed by atoms with Crippen molar-refractivity contribution in [2.75, 3.05) is 39.9 Å². The predicted molar refractivity (Wildman–Crippen MR) is 186 cm³/mol. The maximum absolute atomic E-state index is 13.7. The molecule has 5 heterocycles. The molecule has 47 heavy (non-hydrogen) atoms. The third-order valence-corrected chi connectivity index (χ3v) is 10.8. The number of methoxy groups -OCH3 is 1. The molecule has 1 amide bonds. The minimum Gasteiger partial charge on any atom is -0.464 e. The first-order valence-electron chi connectivity index (χ1n) is 16.7. The van der Waals surface area contributed by atoms with Crippen molar-refractivity contribution in [1.29, 1.82) is 0 Å². The Labute approximate surface area is 284 Å². The molecule has 4 atom stereocenters. The van der Waals surface area contributed by atoms with Crippen molar-refractivity contribution in [1.82, 2.24) is 24.9 Å². The van der Waals surface area contributed by atoms with E-state index in [9.17, 15) is 9.59 Å². The second-order valence-electron chi connectivity index (χ2n) is 14.0. The fourth-order valence-electron chi connectivity index (χ4n) is 7.26. The Morgan fingerprint density at radius 2 is 2.02 bits per heavy atom. The molecule has 0 saturated carbocycles. The third-order valence-electron chi connectivity index (χ3n) is 9.78. The monoisotopic (exact) mass is 667 g/mol. The van der Waals surface area contributed by atoms with E-state index in [4.69, 9.17) is 14.5 Å². The van der Waals surface area contributed by atoms with E-state index >= 15 is 0 Å². The predicted octanol–water partition coefficient (Wildman–Crippen LogP) is 4.59. The Morgan fingerprint density at radius 1 is 1.21 bits per heavy atom. The number of aryl methyl sites for hydroxylation is 1. The van der Waals surface area contributed by atoms with E-state index < -0.39 is 22.1 Å². The number of benzene rings is 1. The normalized spacial score (nSPS) is 26.0. The molecule has 6 bridgehead atoms. The largest absolute Gasteiger partial charge is 0.464 e. The molecule has 3 aromatic rings. The topological polar surface area (TPSA) is 88.9 Å². The number of rotatable bonds is 4. The molecular formula is C36H45N5O4Si2. The quantitative estimate of drug-likeness (QED) is 0.322. The fraction of sp³-hybridized carbons (Fsp3) is 0.528. The third kappa shape index (κ3) is 6.65. The second kappa shape index (κ2) is 13.4. The van der Waals surface area contributed by atoms with Crippen molar-refractivity contribution in [2.45, 2.75) is 76.7 Å². The number of ether oxygens (including phenoxy) is 2. The number of hydrogen-bond donors (Lipinski definition) is 1. The smallest absolute Gasteiger partial charge is 0.323 e. The number of esters is 1. The highest BCUT2D eigenvalue weighted by Gasteiger charge is 2.42. The number of amides is 1. The van der Waals surface area contributed by atoms with Crippen molar-refractivity contribution in [2.24, 2.45) is 5.41 Å². The summed E-state index contributed by atoms with van der Waals surface area (Å²) in [4.78, 5) is 34.3. The molecular weight excluding hydrogens is 623 g/mol. The van der Waals surface area contributed by atoms with Gasteiger partial charge < -0.3 is 14.0 Å². The van der Waals surface area contributed by atoms with Crippen LogP contribution in [0.2, 0.25) is 5.54 Å². The molecule has 1 aromatic carbocycles. The van der Waals surface area contributed by atoms with Crippen molar-refractivity contribution in [3.05, 3.63) is 59.4 Å². The van der Waals surface area contributed by atoms with Gasteiger partial charge >= 0.3 is 5.97 Å². The molecule has 1 saturated heterocycles. The van der Waals surface area contributed by atoms with Gasteiger partial charge in [-0.2, -0.15) is 0 Å². The van der Waals surface area contributed by atoms with E-state index in [0.717, 1.165) is 48.5 Å². The highest BCUT2D eigenvalue weighted by molar-refractivity contribution is 6.28. The van der Waals surface area contributed by atoms with E-state index in [1.54, 1.807) is 12.1 Å². The number of aromatic nitrogens is 2. The Balaban J connectivity index is 1.51. The zero-order chi connectivity index (χ0) is 33.5. The van der Waals surface area contributed by atoms with Crippen LogP contribution in [0, 0.1) is 5.41 Å². The van der Waals surface area contributed by atoms with Gasteiger partial charge in [0.15, 0.2) is 0 Å². The molecule has 2 aromatic heterocycles. The zero-order valence-electron chi connectivity index (χ0n) is 28.2. The Bertz CT molecular complexity index is 1700. The number of carbonyl (C=O) groups is 2. The Morgan fingerprint density at radius 3 is 2.79 bits per heavy atom. The molecule has 0 spiro atoms. The summed E-state index contributed by atoms with van der Waals surface area (Å²) in [5.74, 6) is -0.509. The Kier molecular flexibility index (Phi) is 9.65. The highest BCUT2D eigenvalue weighted by atomic mass is 28.1. The Hall–Kier alpha value is -3.10. The van der Waals surface area contributed by atoms with Gasteiger partial charge in [0.1, 0.15) is 5.16 Å².